The Bertz CT molecular complexity index is 776. The van der Waals surface area contributed by atoms with Gasteiger partial charge in [-0.3, -0.25) is 0 Å². The minimum absolute atomic E-state index is 0.350. The topological polar surface area (TPSA) is 50.8 Å². The van der Waals surface area contributed by atoms with Crippen molar-refractivity contribution in [2.45, 2.75) is 25.4 Å². The predicted molar refractivity (Wildman–Crippen MR) is 87.6 cm³/mol. The van der Waals surface area contributed by atoms with Gasteiger partial charge >= 0.3 is 0 Å². The van der Waals surface area contributed by atoms with Crippen LogP contribution < -0.4 is 0 Å². The molecule has 3 aromatic heterocycles. The maximum absolute atomic E-state index is 5.69. The lowest BCUT2D eigenvalue weighted by Gasteiger charge is -2.05. The van der Waals surface area contributed by atoms with Crippen LogP contribution in [0.15, 0.2) is 28.3 Å². The van der Waals surface area contributed by atoms with Gasteiger partial charge in [0.1, 0.15) is 5.65 Å². The highest BCUT2D eigenvalue weighted by molar-refractivity contribution is 9.10. The van der Waals surface area contributed by atoms with Crippen molar-refractivity contribution < 1.29 is 4.74 Å². The van der Waals surface area contributed by atoms with Gasteiger partial charge in [0, 0.05) is 46.2 Å². The van der Waals surface area contributed by atoms with Crippen LogP contribution in [0.1, 0.15) is 17.8 Å². The van der Waals surface area contributed by atoms with E-state index < -0.39 is 0 Å². The van der Waals surface area contributed by atoms with Gasteiger partial charge in [0.15, 0.2) is 0 Å². The molecule has 1 fully saturated rings. The van der Waals surface area contributed by atoms with E-state index in [4.69, 9.17) is 9.72 Å². The number of nitrogens with one attached hydrogen (secondary N) is 1. The Balaban J connectivity index is 1.65. The molecule has 4 rings (SSSR count). The van der Waals surface area contributed by atoms with Crippen molar-refractivity contribution in [3.8, 4) is 11.3 Å². The minimum atomic E-state index is 0.350. The maximum Gasteiger partial charge on any atom is 0.137 e. The summed E-state index contributed by atoms with van der Waals surface area (Å²) in [5.74, 6) is 0. The number of aromatic nitrogens is 3. The second-order valence-electron chi connectivity index (χ2n) is 5.22. The first kappa shape index (κ1) is 13.4. The quantitative estimate of drug-likeness (QED) is 0.759. The lowest BCUT2D eigenvalue weighted by Crippen LogP contribution is -2.08. The largest absolute Gasteiger partial charge is 0.378 e. The second kappa shape index (κ2) is 5.51. The first-order valence-electron chi connectivity index (χ1n) is 6.98. The van der Waals surface area contributed by atoms with E-state index in [9.17, 15) is 0 Å². The second-order valence-corrected chi connectivity index (χ2v) is 7.08. The minimum Gasteiger partial charge on any atom is -0.378 e. The molecular weight excluding hydrogens is 350 g/mol. The first-order chi connectivity index (χ1) is 10.3. The van der Waals surface area contributed by atoms with Crippen LogP contribution in [-0.2, 0) is 11.2 Å². The Kier molecular flexibility index (Phi) is 3.52. The molecule has 0 bridgehead atoms. The van der Waals surface area contributed by atoms with Crippen LogP contribution in [0.4, 0.5) is 0 Å². The number of nitrogens with zero attached hydrogens (tertiary/aromatic N) is 2. The van der Waals surface area contributed by atoms with Crippen molar-refractivity contribution in [3.63, 3.8) is 0 Å². The van der Waals surface area contributed by atoms with Crippen molar-refractivity contribution in [2.75, 3.05) is 6.61 Å². The van der Waals surface area contributed by atoms with Crippen LogP contribution in [0.2, 0.25) is 0 Å². The molecule has 0 aromatic carbocycles. The number of aromatic amines is 1. The van der Waals surface area contributed by atoms with Crippen LogP contribution in [-0.4, -0.2) is 27.7 Å². The Morgan fingerprint density at radius 2 is 2.43 bits per heavy atom. The summed E-state index contributed by atoms with van der Waals surface area (Å²) < 4.78 is 6.66. The molecule has 3 aromatic rings. The molecule has 4 nitrogen and oxygen atoms in total. The summed E-state index contributed by atoms with van der Waals surface area (Å²) in [6.45, 7) is 0.894. The molecule has 0 amide bonds. The van der Waals surface area contributed by atoms with Crippen molar-refractivity contribution >= 4 is 38.3 Å². The zero-order chi connectivity index (χ0) is 14.2. The number of hydrogen-bond donors (Lipinski definition) is 1. The van der Waals surface area contributed by atoms with Crippen molar-refractivity contribution in [1.82, 2.24) is 15.0 Å². The summed E-state index contributed by atoms with van der Waals surface area (Å²) in [7, 11) is 0. The lowest BCUT2D eigenvalue weighted by atomic mass is 10.1. The monoisotopic (exact) mass is 363 g/mol. The number of ether oxygens (including phenoxy) is 1. The number of thiazole rings is 1. The average molecular weight is 364 g/mol. The molecule has 0 aliphatic carbocycles. The molecule has 1 saturated heterocycles. The number of halogens is 1. The fourth-order valence-corrected chi connectivity index (χ4v) is 3.91. The average Bonchev–Trinajstić information content (AvgIpc) is 3.19. The van der Waals surface area contributed by atoms with Gasteiger partial charge in [-0.05, 0) is 34.8 Å². The smallest absolute Gasteiger partial charge is 0.137 e. The van der Waals surface area contributed by atoms with Crippen LogP contribution in [0.5, 0.6) is 0 Å². The van der Waals surface area contributed by atoms with Gasteiger partial charge in [-0.25, -0.2) is 9.97 Å². The molecule has 21 heavy (non-hydrogen) atoms. The van der Waals surface area contributed by atoms with E-state index in [0.717, 1.165) is 51.2 Å². The van der Waals surface area contributed by atoms with Gasteiger partial charge in [-0.15, -0.1) is 11.3 Å². The van der Waals surface area contributed by atoms with Crippen molar-refractivity contribution in [1.29, 1.82) is 0 Å². The molecule has 0 radical (unpaired) electrons. The Morgan fingerprint density at radius 1 is 1.48 bits per heavy atom. The summed E-state index contributed by atoms with van der Waals surface area (Å²) in [5.41, 5.74) is 3.01. The molecule has 0 spiro atoms. The van der Waals surface area contributed by atoms with E-state index in [1.54, 1.807) is 17.5 Å². The third-order valence-corrected chi connectivity index (χ3v) is 5.06. The molecule has 6 heteroatoms. The highest BCUT2D eigenvalue weighted by atomic mass is 79.9. The highest BCUT2D eigenvalue weighted by Crippen LogP contribution is 2.31. The molecule has 108 valence electrons. The normalized spacial score (nSPS) is 18.6. The Hall–Kier alpha value is -1.24. The van der Waals surface area contributed by atoms with Gasteiger partial charge < -0.3 is 9.72 Å². The van der Waals surface area contributed by atoms with E-state index in [-0.39, 0.29) is 0 Å². The van der Waals surface area contributed by atoms with E-state index in [0.29, 0.717) is 6.10 Å². The molecule has 1 aliphatic heterocycles. The number of fused-ring (bicyclic) bond motifs is 1. The maximum atomic E-state index is 5.69. The predicted octanol–water partition coefficient (Wildman–Crippen LogP) is 4.17. The van der Waals surface area contributed by atoms with Gasteiger partial charge in [-0.2, -0.15) is 0 Å². The van der Waals surface area contributed by atoms with Gasteiger partial charge in [0.25, 0.3) is 0 Å². The van der Waals surface area contributed by atoms with Crippen molar-refractivity contribution in [3.05, 3.63) is 33.3 Å². The fraction of sp³-hybridized carbons (Fsp3) is 0.333. The summed E-state index contributed by atoms with van der Waals surface area (Å²) >= 11 is 5.19. The molecule has 1 N–H and O–H groups in total. The third kappa shape index (κ3) is 2.63. The van der Waals surface area contributed by atoms with Crippen LogP contribution >= 0.6 is 27.3 Å². The van der Waals surface area contributed by atoms with Gasteiger partial charge in [-0.1, -0.05) is 0 Å². The molecule has 1 atom stereocenters. The number of pyridine rings is 1. The Labute approximate surface area is 134 Å². The zero-order valence-corrected chi connectivity index (χ0v) is 13.7. The number of rotatable bonds is 3. The molecule has 1 unspecified atom stereocenters. The van der Waals surface area contributed by atoms with Gasteiger partial charge in [0.2, 0.25) is 0 Å². The van der Waals surface area contributed by atoms with Crippen LogP contribution in [0, 0.1) is 0 Å². The van der Waals surface area contributed by atoms with E-state index in [1.165, 1.54) is 6.42 Å². The number of H-pyrrole nitrogens is 1. The summed E-state index contributed by atoms with van der Waals surface area (Å²) in [4.78, 5) is 12.3. The van der Waals surface area contributed by atoms with E-state index in [1.807, 2.05) is 6.20 Å². The summed E-state index contributed by atoms with van der Waals surface area (Å²) in [5, 5.41) is 4.36. The first-order valence-corrected chi connectivity index (χ1v) is 8.66. The third-order valence-electron chi connectivity index (χ3n) is 3.75. The van der Waals surface area contributed by atoms with Gasteiger partial charge in [0.05, 0.1) is 16.8 Å². The fourth-order valence-electron chi connectivity index (χ4n) is 2.72. The molecular formula is C15H14BrN3OS. The van der Waals surface area contributed by atoms with Crippen LogP contribution in [0.25, 0.3) is 22.3 Å². The molecule has 4 heterocycles. The standard InChI is InChI=1S/C15H14BrN3OS/c16-9-4-11-12(7-18-15(11)17-6-9)13-8-21-14(19-13)5-10-2-1-3-20-10/h4,6-8,10H,1-3,5H2,(H,17,18). The number of hydrogen-bond acceptors (Lipinski definition) is 4. The van der Waals surface area contributed by atoms with E-state index in [2.05, 4.69) is 37.3 Å². The molecule has 1 aliphatic rings. The van der Waals surface area contributed by atoms with E-state index >= 15 is 0 Å². The Morgan fingerprint density at radius 3 is 3.29 bits per heavy atom. The SMILES string of the molecule is Brc1cnc2[nH]cc(-c3csc(CC4CCCO4)n3)c2c1. The summed E-state index contributed by atoms with van der Waals surface area (Å²) in [6.07, 6.45) is 7.38. The summed E-state index contributed by atoms with van der Waals surface area (Å²) in [6, 6.07) is 2.08. The lowest BCUT2D eigenvalue weighted by molar-refractivity contribution is 0.111. The zero-order valence-electron chi connectivity index (χ0n) is 11.3. The van der Waals surface area contributed by atoms with Crippen LogP contribution in [0.3, 0.4) is 0 Å². The van der Waals surface area contributed by atoms with Crippen molar-refractivity contribution in [2.24, 2.45) is 0 Å². The molecule has 0 saturated carbocycles. The highest BCUT2D eigenvalue weighted by Gasteiger charge is 2.18.